The summed E-state index contributed by atoms with van der Waals surface area (Å²) in [4.78, 5) is 30.9. The second-order valence-electron chi connectivity index (χ2n) is 4.40. The van der Waals surface area contributed by atoms with Crippen LogP contribution in [-0.2, 0) is 4.74 Å². The van der Waals surface area contributed by atoms with Crippen molar-refractivity contribution in [1.82, 2.24) is 9.97 Å². The molecule has 0 aliphatic carbocycles. The normalized spacial score (nSPS) is 10.4. The van der Waals surface area contributed by atoms with E-state index in [9.17, 15) is 9.59 Å². The summed E-state index contributed by atoms with van der Waals surface area (Å²) in [6.07, 6.45) is 1.55. The van der Waals surface area contributed by atoms with Gasteiger partial charge in [0.15, 0.2) is 10.7 Å². The number of methoxy groups -OCH3 is 1. The summed E-state index contributed by atoms with van der Waals surface area (Å²) < 4.78 is 4.57. The molecule has 7 heteroatoms. The largest absolute Gasteiger partial charge is 0.464 e. The van der Waals surface area contributed by atoms with Crippen molar-refractivity contribution < 1.29 is 14.3 Å². The number of benzene rings is 1. The Bertz CT molecular complexity index is 933. The lowest BCUT2D eigenvalue weighted by atomic mass is 10.1. The number of esters is 1. The summed E-state index contributed by atoms with van der Waals surface area (Å²) in [5, 5.41) is 11.4. The summed E-state index contributed by atoms with van der Waals surface area (Å²) in [6, 6.07) is 7.22. The first-order valence-corrected chi connectivity index (χ1v) is 7.12. The zero-order chi connectivity index (χ0) is 15.7. The molecule has 0 amide bonds. The molecule has 0 atom stereocenters. The van der Waals surface area contributed by atoms with E-state index < -0.39 is 5.97 Å². The summed E-state index contributed by atoms with van der Waals surface area (Å²) in [5.41, 5.74) is 1.59. The second kappa shape index (κ2) is 5.42. The van der Waals surface area contributed by atoms with Crippen molar-refractivity contribution in [2.45, 2.75) is 0 Å². The number of thiazole rings is 1. The number of rotatable bonds is 3. The smallest absolute Gasteiger partial charge is 0.357 e. The van der Waals surface area contributed by atoms with Gasteiger partial charge in [-0.2, -0.15) is 5.26 Å². The van der Waals surface area contributed by atoms with E-state index in [-0.39, 0.29) is 16.5 Å². The molecule has 0 bridgehead atoms. The molecule has 6 nitrogen and oxygen atoms in total. The van der Waals surface area contributed by atoms with Crippen LogP contribution in [0.5, 0.6) is 0 Å². The van der Waals surface area contributed by atoms with Crippen LogP contribution in [-0.4, -0.2) is 28.8 Å². The Balaban J connectivity index is 2.05. The maximum atomic E-state index is 12.5. The third-order valence-electron chi connectivity index (χ3n) is 3.17. The number of aromatic amines is 1. The minimum atomic E-state index is -0.582. The zero-order valence-electron chi connectivity index (χ0n) is 11.4. The number of aromatic nitrogens is 2. The van der Waals surface area contributed by atoms with E-state index in [1.807, 2.05) is 0 Å². The maximum Gasteiger partial charge on any atom is 0.357 e. The number of nitrogens with one attached hydrogen (secondary N) is 1. The molecule has 0 fully saturated rings. The minimum absolute atomic E-state index is 0.105. The van der Waals surface area contributed by atoms with Crippen molar-refractivity contribution in [3.63, 3.8) is 0 Å². The van der Waals surface area contributed by atoms with Crippen LogP contribution in [0.2, 0.25) is 0 Å². The Morgan fingerprint density at radius 2 is 2.23 bits per heavy atom. The van der Waals surface area contributed by atoms with Gasteiger partial charge in [-0.3, -0.25) is 4.79 Å². The van der Waals surface area contributed by atoms with Gasteiger partial charge in [0.05, 0.1) is 23.8 Å². The summed E-state index contributed by atoms with van der Waals surface area (Å²) in [7, 11) is 1.26. The topological polar surface area (TPSA) is 95.8 Å². The van der Waals surface area contributed by atoms with Crippen LogP contribution in [0.4, 0.5) is 0 Å². The molecule has 3 aromatic rings. The average molecular weight is 311 g/mol. The number of carbonyl (C=O) groups is 2. The fourth-order valence-electron chi connectivity index (χ4n) is 2.13. The predicted molar refractivity (Wildman–Crippen MR) is 79.9 cm³/mol. The number of hydrogen-bond acceptors (Lipinski definition) is 6. The standard InChI is InChI=1S/C15H9N3O3S/c1-21-15(20)11-7-22-14(18-11)13(19)10-6-17-12-8(5-16)3-2-4-9(10)12/h2-4,6-7,17H,1H3. The van der Waals surface area contributed by atoms with Crippen molar-refractivity contribution in [3.05, 3.63) is 51.6 Å². The molecule has 0 aliphatic rings. The van der Waals surface area contributed by atoms with Gasteiger partial charge in [0, 0.05) is 17.0 Å². The van der Waals surface area contributed by atoms with Crippen LogP contribution in [0.25, 0.3) is 10.9 Å². The predicted octanol–water partition coefficient (Wildman–Crippen LogP) is 2.51. The molecule has 0 saturated heterocycles. The lowest BCUT2D eigenvalue weighted by Crippen LogP contribution is -2.04. The monoisotopic (exact) mass is 311 g/mol. The van der Waals surface area contributed by atoms with E-state index in [0.717, 1.165) is 11.3 Å². The number of nitriles is 1. The van der Waals surface area contributed by atoms with Gasteiger partial charge in [-0.1, -0.05) is 12.1 Å². The van der Waals surface area contributed by atoms with Gasteiger partial charge in [-0.15, -0.1) is 11.3 Å². The molecule has 3 rings (SSSR count). The fraction of sp³-hybridized carbons (Fsp3) is 0.0667. The Morgan fingerprint density at radius 3 is 2.95 bits per heavy atom. The molecule has 1 N–H and O–H groups in total. The van der Waals surface area contributed by atoms with E-state index in [4.69, 9.17) is 5.26 Å². The number of fused-ring (bicyclic) bond motifs is 1. The van der Waals surface area contributed by atoms with Crippen molar-refractivity contribution in [1.29, 1.82) is 5.26 Å². The number of hydrogen-bond donors (Lipinski definition) is 1. The molecule has 1 aromatic carbocycles. The minimum Gasteiger partial charge on any atom is -0.464 e. The molecular formula is C15H9N3O3S. The van der Waals surface area contributed by atoms with Crippen molar-refractivity contribution in [2.24, 2.45) is 0 Å². The lowest BCUT2D eigenvalue weighted by Gasteiger charge is -1.96. The Hall–Kier alpha value is -2.98. The average Bonchev–Trinajstić information content (AvgIpc) is 3.20. The third-order valence-corrected chi connectivity index (χ3v) is 4.01. The van der Waals surface area contributed by atoms with E-state index in [0.29, 0.717) is 22.0 Å². The highest BCUT2D eigenvalue weighted by Gasteiger charge is 2.20. The van der Waals surface area contributed by atoms with Gasteiger partial charge >= 0.3 is 5.97 Å². The Kier molecular flexibility index (Phi) is 3.45. The van der Waals surface area contributed by atoms with Crippen LogP contribution in [0.15, 0.2) is 29.8 Å². The highest BCUT2D eigenvalue weighted by atomic mass is 32.1. The maximum absolute atomic E-state index is 12.5. The van der Waals surface area contributed by atoms with Gasteiger partial charge < -0.3 is 9.72 Å². The molecule has 2 aromatic heterocycles. The molecule has 0 aliphatic heterocycles. The molecule has 108 valence electrons. The van der Waals surface area contributed by atoms with Crippen LogP contribution >= 0.6 is 11.3 Å². The number of carbonyl (C=O) groups excluding carboxylic acids is 2. The molecule has 0 radical (unpaired) electrons. The third kappa shape index (κ3) is 2.16. The molecule has 0 spiro atoms. The van der Waals surface area contributed by atoms with Crippen molar-refractivity contribution >= 4 is 34.0 Å². The first kappa shape index (κ1) is 14.0. The SMILES string of the molecule is COC(=O)c1csc(C(=O)c2c[nH]c3c(C#N)cccc23)n1. The van der Waals surface area contributed by atoms with Crippen molar-refractivity contribution in [3.8, 4) is 6.07 Å². The van der Waals surface area contributed by atoms with E-state index in [2.05, 4.69) is 20.8 Å². The molecule has 2 heterocycles. The number of H-pyrrole nitrogens is 1. The highest BCUT2D eigenvalue weighted by molar-refractivity contribution is 7.12. The summed E-state index contributed by atoms with van der Waals surface area (Å²) >= 11 is 1.08. The van der Waals surface area contributed by atoms with Crippen molar-refractivity contribution in [2.75, 3.05) is 7.11 Å². The lowest BCUT2D eigenvalue weighted by molar-refractivity contribution is 0.0595. The second-order valence-corrected chi connectivity index (χ2v) is 5.26. The Labute approximate surface area is 129 Å². The van der Waals surface area contributed by atoms with Crippen LogP contribution in [0.3, 0.4) is 0 Å². The molecule has 22 heavy (non-hydrogen) atoms. The first-order valence-electron chi connectivity index (χ1n) is 6.24. The highest BCUT2D eigenvalue weighted by Crippen LogP contribution is 2.24. The van der Waals surface area contributed by atoms with Crippen LogP contribution in [0, 0.1) is 11.3 Å². The number of para-hydroxylation sites is 1. The zero-order valence-corrected chi connectivity index (χ0v) is 12.2. The van der Waals surface area contributed by atoms with E-state index in [1.54, 1.807) is 24.4 Å². The molecular weight excluding hydrogens is 302 g/mol. The quantitative estimate of drug-likeness (QED) is 0.592. The molecule has 0 unspecified atom stereocenters. The van der Waals surface area contributed by atoms with E-state index >= 15 is 0 Å². The van der Waals surface area contributed by atoms with E-state index in [1.165, 1.54) is 12.5 Å². The summed E-state index contributed by atoms with van der Waals surface area (Å²) in [5.74, 6) is -0.887. The van der Waals surface area contributed by atoms with Crippen LogP contribution in [0.1, 0.15) is 31.4 Å². The van der Waals surface area contributed by atoms with Gasteiger partial charge in [-0.25, -0.2) is 9.78 Å². The number of nitrogens with zero attached hydrogens (tertiary/aromatic N) is 2. The Morgan fingerprint density at radius 1 is 1.41 bits per heavy atom. The van der Waals surface area contributed by atoms with Gasteiger partial charge in [0.2, 0.25) is 5.78 Å². The summed E-state index contributed by atoms with van der Waals surface area (Å²) in [6.45, 7) is 0. The van der Waals surface area contributed by atoms with Gasteiger partial charge in [-0.05, 0) is 6.07 Å². The first-order chi connectivity index (χ1) is 10.7. The molecule has 0 saturated carbocycles. The van der Waals surface area contributed by atoms with Gasteiger partial charge in [0.25, 0.3) is 0 Å². The fourth-order valence-corrected chi connectivity index (χ4v) is 2.87. The van der Waals surface area contributed by atoms with Crippen LogP contribution < -0.4 is 0 Å². The van der Waals surface area contributed by atoms with Gasteiger partial charge in [0.1, 0.15) is 6.07 Å². The number of ketones is 1. The number of ether oxygens (including phenoxy) is 1.